The number of thioether (sulfide) groups is 1. The molecule has 0 aliphatic carbocycles. The fourth-order valence-electron chi connectivity index (χ4n) is 1.78. The highest BCUT2D eigenvalue weighted by atomic mass is 32.2. The predicted octanol–water partition coefficient (Wildman–Crippen LogP) is 3.33. The van der Waals surface area contributed by atoms with Gasteiger partial charge < -0.3 is 0 Å². The molecule has 1 unspecified atom stereocenters. The van der Waals surface area contributed by atoms with Crippen LogP contribution in [0.4, 0.5) is 0 Å². The van der Waals surface area contributed by atoms with E-state index in [4.69, 9.17) is 5.21 Å². The van der Waals surface area contributed by atoms with Crippen molar-refractivity contribution in [3.05, 3.63) is 65.7 Å². The van der Waals surface area contributed by atoms with Crippen LogP contribution in [-0.2, 0) is 4.79 Å². The quantitative estimate of drug-likeness (QED) is 0.510. The van der Waals surface area contributed by atoms with Gasteiger partial charge in [0.15, 0.2) is 0 Å². The largest absolute Gasteiger partial charge is 0.289 e. The number of aryl methyl sites for hydroxylation is 1. The minimum Gasteiger partial charge on any atom is -0.289 e. The molecule has 0 aliphatic heterocycles. The summed E-state index contributed by atoms with van der Waals surface area (Å²) in [4.78, 5) is 12.9. The van der Waals surface area contributed by atoms with Crippen LogP contribution >= 0.6 is 11.8 Å². The van der Waals surface area contributed by atoms with Gasteiger partial charge in [-0.15, -0.1) is 11.8 Å². The number of hydroxylamine groups is 1. The van der Waals surface area contributed by atoms with E-state index in [0.29, 0.717) is 0 Å². The van der Waals surface area contributed by atoms with Crippen molar-refractivity contribution in [2.24, 2.45) is 0 Å². The Balaban J connectivity index is 2.30. The summed E-state index contributed by atoms with van der Waals surface area (Å²) in [5.74, 6) is -0.417. The van der Waals surface area contributed by atoms with Crippen molar-refractivity contribution in [2.75, 3.05) is 0 Å². The third-order valence-corrected chi connectivity index (χ3v) is 4.22. The van der Waals surface area contributed by atoms with E-state index in [0.717, 1.165) is 16.0 Å². The molecule has 3 nitrogen and oxygen atoms in total. The summed E-state index contributed by atoms with van der Waals surface area (Å²) in [6.45, 7) is 2.00. The monoisotopic (exact) mass is 273 g/mol. The third kappa shape index (κ3) is 3.36. The summed E-state index contributed by atoms with van der Waals surface area (Å²) < 4.78 is 0. The molecule has 1 amide bonds. The van der Waals surface area contributed by atoms with E-state index in [1.807, 2.05) is 61.5 Å². The van der Waals surface area contributed by atoms with Gasteiger partial charge in [0.25, 0.3) is 5.91 Å². The van der Waals surface area contributed by atoms with Crippen molar-refractivity contribution in [1.29, 1.82) is 0 Å². The number of hydrogen-bond acceptors (Lipinski definition) is 3. The maximum atomic E-state index is 11.8. The van der Waals surface area contributed by atoms with E-state index in [9.17, 15) is 4.79 Å². The van der Waals surface area contributed by atoms with Crippen LogP contribution in [0, 0.1) is 6.92 Å². The van der Waals surface area contributed by atoms with Gasteiger partial charge in [0.2, 0.25) is 0 Å². The van der Waals surface area contributed by atoms with Crippen molar-refractivity contribution < 1.29 is 10.0 Å². The average molecular weight is 273 g/mol. The molecule has 2 rings (SSSR count). The van der Waals surface area contributed by atoms with E-state index >= 15 is 0 Å². The summed E-state index contributed by atoms with van der Waals surface area (Å²) in [5, 5.41) is 8.44. The first-order valence-electron chi connectivity index (χ1n) is 5.93. The molecular weight excluding hydrogens is 258 g/mol. The van der Waals surface area contributed by atoms with Gasteiger partial charge in [-0.3, -0.25) is 10.0 Å². The van der Waals surface area contributed by atoms with Gasteiger partial charge in [0.1, 0.15) is 5.25 Å². The molecular formula is C15H15NO2S. The summed E-state index contributed by atoms with van der Waals surface area (Å²) in [6.07, 6.45) is 0. The zero-order valence-electron chi connectivity index (χ0n) is 10.5. The van der Waals surface area contributed by atoms with Gasteiger partial charge in [0.05, 0.1) is 0 Å². The van der Waals surface area contributed by atoms with Crippen molar-refractivity contribution in [1.82, 2.24) is 5.48 Å². The van der Waals surface area contributed by atoms with Gasteiger partial charge in [-0.05, 0) is 24.1 Å². The molecule has 4 heteroatoms. The van der Waals surface area contributed by atoms with Crippen molar-refractivity contribution in [3.8, 4) is 0 Å². The fraction of sp³-hybridized carbons (Fsp3) is 0.133. The second-order valence-electron chi connectivity index (χ2n) is 4.15. The van der Waals surface area contributed by atoms with Gasteiger partial charge >= 0.3 is 0 Å². The average Bonchev–Trinajstić information content (AvgIpc) is 2.46. The molecule has 0 saturated carbocycles. The molecule has 0 radical (unpaired) electrons. The first kappa shape index (κ1) is 13.6. The van der Waals surface area contributed by atoms with E-state index < -0.39 is 11.2 Å². The first-order valence-corrected chi connectivity index (χ1v) is 6.81. The topological polar surface area (TPSA) is 49.3 Å². The van der Waals surface area contributed by atoms with Crippen LogP contribution in [0.3, 0.4) is 0 Å². The van der Waals surface area contributed by atoms with Crippen LogP contribution in [0.2, 0.25) is 0 Å². The Bertz CT molecular complexity index is 557. The van der Waals surface area contributed by atoms with Gasteiger partial charge in [0, 0.05) is 4.90 Å². The normalized spacial score (nSPS) is 11.9. The van der Waals surface area contributed by atoms with Gasteiger partial charge in [-0.25, -0.2) is 5.48 Å². The van der Waals surface area contributed by atoms with Gasteiger partial charge in [-0.1, -0.05) is 48.5 Å². The number of carbonyl (C=O) groups excluding carboxylic acids is 1. The minimum absolute atomic E-state index is 0.417. The zero-order chi connectivity index (χ0) is 13.7. The molecule has 0 bridgehead atoms. The lowest BCUT2D eigenvalue weighted by Gasteiger charge is -2.16. The highest BCUT2D eigenvalue weighted by Crippen LogP contribution is 2.36. The van der Waals surface area contributed by atoms with E-state index in [2.05, 4.69) is 0 Å². The summed E-state index contributed by atoms with van der Waals surface area (Å²) >= 11 is 1.43. The predicted molar refractivity (Wildman–Crippen MR) is 76.1 cm³/mol. The lowest BCUT2D eigenvalue weighted by molar-refractivity contribution is -0.128. The highest BCUT2D eigenvalue weighted by Gasteiger charge is 2.21. The summed E-state index contributed by atoms with van der Waals surface area (Å²) in [5.41, 5.74) is 3.72. The minimum atomic E-state index is -0.465. The Hall–Kier alpha value is -1.78. The van der Waals surface area contributed by atoms with Crippen LogP contribution in [0.1, 0.15) is 16.4 Å². The van der Waals surface area contributed by atoms with E-state index in [1.54, 1.807) is 5.48 Å². The summed E-state index contributed by atoms with van der Waals surface area (Å²) in [7, 11) is 0. The maximum absolute atomic E-state index is 11.8. The molecule has 2 N–H and O–H groups in total. The van der Waals surface area contributed by atoms with Crippen molar-refractivity contribution >= 4 is 17.7 Å². The van der Waals surface area contributed by atoms with Gasteiger partial charge in [-0.2, -0.15) is 0 Å². The lowest BCUT2D eigenvalue weighted by Crippen LogP contribution is -2.24. The molecule has 2 aromatic carbocycles. The maximum Gasteiger partial charge on any atom is 0.261 e. The highest BCUT2D eigenvalue weighted by molar-refractivity contribution is 8.00. The van der Waals surface area contributed by atoms with Crippen LogP contribution in [0.5, 0.6) is 0 Å². The van der Waals surface area contributed by atoms with Crippen LogP contribution in [-0.4, -0.2) is 11.1 Å². The van der Waals surface area contributed by atoms with Crippen LogP contribution < -0.4 is 5.48 Å². The second kappa shape index (κ2) is 6.41. The third-order valence-electron chi connectivity index (χ3n) is 2.79. The Morgan fingerprint density at radius 1 is 1.11 bits per heavy atom. The molecule has 0 spiro atoms. The standard InChI is InChI=1S/C15H15NO2S/c1-11-7-5-6-10-13(11)19-14(15(17)16-18)12-8-3-2-4-9-12/h2-10,14,18H,1H3,(H,16,17). The SMILES string of the molecule is Cc1ccccc1SC(C(=O)NO)c1ccccc1. The van der Waals surface area contributed by atoms with Crippen molar-refractivity contribution in [2.45, 2.75) is 17.1 Å². The molecule has 0 heterocycles. The number of hydrogen-bond donors (Lipinski definition) is 2. The summed E-state index contributed by atoms with van der Waals surface area (Å²) in [6, 6.07) is 17.3. The van der Waals surface area contributed by atoms with E-state index in [-0.39, 0.29) is 0 Å². The lowest BCUT2D eigenvalue weighted by atomic mass is 10.1. The van der Waals surface area contributed by atoms with Crippen LogP contribution in [0.15, 0.2) is 59.5 Å². The molecule has 0 aliphatic rings. The fourth-order valence-corrected chi connectivity index (χ4v) is 2.89. The van der Waals surface area contributed by atoms with Crippen molar-refractivity contribution in [3.63, 3.8) is 0 Å². The van der Waals surface area contributed by atoms with E-state index in [1.165, 1.54) is 11.8 Å². The molecule has 98 valence electrons. The molecule has 0 aromatic heterocycles. The smallest absolute Gasteiger partial charge is 0.261 e. The number of benzene rings is 2. The second-order valence-corrected chi connectivity index (χ2v) is 5.30. The zero-order valence-corrected chi connectivity index (χ0v) is 11.4. The molecule has 19 heavy (non-hydrogen) atoms. The number of amides is 1. The Labute approximate surface area is 116 Å². The number of carbonyl (C=O) groups is 1. The number of nitrogens with one attached hydrogen (secondary N) is 1. The first-order chi connectivity index (χ1) is 9.22. The Morgan fingerprint density at radius 3 is 2.37 bits per heavy atom. The number of rotatable bonds is 4. The Kier molecular flexibility index (Phi) is 4.60. The molecule has 1 atom stereocenters. The molecule has 0 fully saturated rings. The Morgan fingerprint density at radius 2 is 1.74 bits per heavy atom. The molecule has 2 aromatic rings. The molecule has 0 saturated heterocycles. The van der Waals surface area contributed by atoms with Crippen LogP contribution in [0.25, 0.3) is 0 Å².